The molecule has 0 saturated carbocycles. The van der Waals surface area contributed by atoms with Crippen molar-refractivity contribution in [1.29, 1.82) is 0 Å². The van der Waals surface area contributed by atoms with E-state index < -0.39 is 21.8 Å². The number of alkyl halides is 1. The van der Waals surface area contributed by atoms with E-state index in [9.17, 15) is 17.2 Å². The number of rotatable bonds is 7. The van der Waals surface area contributed by atoms with Crippen LogP contribution in [0.2, 0.25) is 5.02 Å². The maximum Gasteiger partial charge on any atom is 0.299 e. The van der Waals surface area contributed by atoms with Gasteiger partial charge in [0, 0.05) is 16.0 Å². The van der Waals surface area contributed by atoms with Gasteiger partial charge in [0.1, 0.15) is 5.69 Å². The number of benzene rings is 2. The SMILES string of the molecule is O=S(=O)(NCCCl)Nc1ccc(F)c(F)c1Nc1ccc(I)cc1Cl. The van der Waals surface area contributed by atoms with Crippen LogP contribution in [0, 0.1) is 15.2 Å². The Balaban J connectivity index is 2.40. The highest BCUT2D eigenvalue weighted by Gasteiger charge is 2.19. The highest BCUT2D eigenvalue weighted by Crippen LogP contribution is 2.34. The molecule has 2 rings (SSSR count). The minimum absolute atomic E-state index is 0.0215. The van der Waals surface area contributed by atoms with Gasteiger partial charge in [0.2, 0.25) is 0 Å². The average molecular weight is 522 g/mol. The molecule has 3 N–H and O–H groups in total. The largest absolute Gasteiger partial charge is 0.350 e. The molecule has 0 aromatic heterocycles. The van der Waals surface area contributed by atoms with Gasteiger partial charge in [-0.05, 0) is 52.9 Å². The number of hydrogen-bond donors (Lipinski definition) is 3. The van der Waals surface area contributed by atoms with Crippen molar-refractivity contribution in [2.24, 2.45) is 0 Å². The van der Waals surface area contributed by atoms with Gasteiger partial charge in [-0.25, -0.2) is 8.78 Å². The summed E-state index contributed by atoms with van der Waals surface area (Å²) >= 11 is 13.6. The Hall–Kier alpha value is -0.880. The quantitative estimate of drug-likeness (QED) is 0.372. The van der Waals surface area contributed by atoms with Crippen molar-refractivity contribution in [3.8, 4) is 0 Å². The molecule has 0 atom stereocenters. The third-order valence-electron chi connectivity index (χ3n) is 2.92. The van der Waals surface area contributed by atoms with E-state index in [1.54, 1.807) is 18.2 Å². The first-order valence-electron chi connectivity index (χ1n) is 6.77. The van der Waals surface area contributed by atoms with E-state index in [2.05, 4.69) is 14.8 Å². The Bertz CT molecular complexity index is 885. The molecule has 0 aliphatic rings. The van der Waals surface area contributed by atoms with Gasteiger partial charge >= 0.3 is 0 Å². The molecule has 0 saturated heterocycles. The second-order valence-electron chi connectivity index (χ2n) is 4.72. The number of anilines is 3. The average Bonchev–Trinajstić information content (AvgIpc) is 2.54. The van der Waals surface area contributed by atoms with Gasteiger partial charge in [0.05, 0.1) is 16.4 Å². The smallest absolute Gasteiger partial charge is 0.299 e. The molecular formula is C14H12Cl2F2IN3O2S. The Morgan fingerprint density at radius 1 is 1.12 bits per heavy atom. The molecule has 2 aromatic carbocycles. The molecule has 0 aliphatic carbocycles. The van der Waals surface area contributed by atoms with Crippen LogP contribution in [0.15, 0.2) is 30.3 Å². The zero-order chi connectivity index (χ0) is 18.6. The summed E-state index contributed by atoms with van der Waals surface area (Å²) in [7, 11) is -4.01. The van der Waals surface area contributed by atoms with Gasteiger partial charge < -0.3 is 5.32 Å². The normalized spacial score (nSPS) is 11.4. The lowest BCUT2D eigenvalue weighted by atomic mass is 10.2. The Labute approximate surface area is 167 Å². The van der Waals surface area contributed by atoms with Crippen LogP contribution in [-0.2, 0) is 10.2 Å². The van der Waals surface area contributed by atoms with Crippen molar-refractivity contribution in [2.75, 3.05) is 22.5 Å². The minimum atomic E-state index is -4.01. The fourth-order valence-corrected chi connectivity index (χ4v) is 3.85. The summed E-state index contributed by atoms with van der Waals surface area (Å²) in [5.74, 6) is -2.32. The first-order chi connectivity index (χ1) is 11.7. The Morgan fingerprint density at radius 3 is 2.44 bits per heavy atom. The van der Waals surface area contributed by atoms with Crippen LogP contribution in [0.4, 0.5) is 25.8 Å². The lowest BCUT2D eigenvalue weighted by Gasteiger charge is -2.16. The van der Waals surface area contributed by atoms with Crippen molar-refractivity contribution in [1.82, 2.24) is 4.72 Å². The summed E-state index contributed by atoms with van der Waals surface area (Å²) in [6.45, 7) is -0.0215. The van der Waals surface area contributed by atoms with E-state index in [4.69, 9.17) is 23.2 Å². The molecule has 0 spiro atoms. The predicted molar refractivity (Wildman–Crippen MR) is 105 cm³/mol. The summed E-state index contributed by atoms with van der Waals surface area (Å²) < 4.78 is 56.8. The van der Waals surface area contributed by atoms with Gasteiger partial charge in [-0.15, -0.1) is 11.6 Å². The zero-order valence-electron chi connectivity index (χ0n) is 12.4. The molecule has 0 bridgehead atoms. The van der Waals surface area contributed by atoms with Crippen LogP contribution in [0.1, 0.15) is 0 Å². The Morgan fingerprint density at radius 2 is 1.80 bits per heavy atom. The lowest BCUT2D eigenvalue weighted by Crippen LogP contribution is -2.31. The molecule has 5 nitrogen and oxygen atoms in total. The molecule has 136 valence electrons. The maximum absolute atomic E-state index is 14.2. The predicted octanol–water partition coefficient (Wildman–Crippen LogP) is 4.45. The second-order valence-corrected chi connectivity index (χ2v) is 8.25. The fourth-order valence-electron chi connectivity index (χ4n) is 1.84. The van der Waals surface area contributed by atoms with Crippen LogP contribution in [0.25, 0.3) is 0 Å². The molecule has 2 aromatic rings. The van der Waals surface area contributed by atoms with E-state index in [1.165, 1.54) is 0 Å². The zero-order valence-corrected chi connectivity index (χ0v) is 16.9. The first kappa shape index (κ1) is 20.4. The monoisotopic (exact) mass is 521 g/mol. The highest BCUT2D eigenvalue weighted by molar-refractivity contribution is 14.1. The van der Waals surface area contributed by atoms with Gasteiger partial charge in [0.25, 0.3) is 10.2 Å². The maximum atomic E-state index is 14.2. The molecule has 25 heavy (non-hydrogen) atoms. The highest BCUT2D eigenvalue weighted by atomic mass is 127. The summed E-state index contributed by atoms with van der Waals surface area (Å²) in [6, 6.07) is 6.81. The van der Waals surface area contributed by atoms with Crippen LogP contribution < -0.4 is 14.8 Å². The summed E-state index contributed by atoms with van der Waals surface area (Å²) in [6.07, 6.45) is 0. The summed E-state index contributed by atoms with van der Waals surface area (Å²) in [5.41, 5.74) is -0.282. The third kappa shape index (κ3) is 5.55. The van der Waals surface area contributed by atoms with Gasteiger partial charge in [0.15, 0.2) is 11.6 Å². The lowest BCUT2D eigenvalue weighted by molar-refractivity contribution is 0.512. The molecule has 0 heterocycles. The molecule has 0 radical (unpaired) electrons. The van der Waals surface area contributed by atoms with Gasteiger partial charge in [-0.3, -0.25) is 4.72 Å². The van der Waals surface area contributed by atoms with Crippen molar-refractivity contribution < 1.29 is 17.2 Å². The van der Waals surface area contributed by atoms with Crippen LogP contribution in [0.5, 0.6) is 0 Å². The molecule has 11 heteroatoms. The van der Waals surface area contributed by atoms with Gasteiger partial charge in [-0.1, -0.05) is 11.6 Å². The molecular weight excluding hydrogens is 510 g/mol. The molecule has 0 fully saturated rings. The number of halogens is 5. The van der Waals surface area contributed by atoms with E-state index in [-0.39, 0.29) is 28.8 Å². The second kappa shape index (κ2) is 8.67. The Kier molecular flexibility index (Phi) is 7.09. The summed E-state index contributed by atoms with van der Waals surface area (Å²) in [4.78, 5) is 0. The molecule has 0 aliphatic heterocycles. The van der Waals surface area contributed by atoms with E-state index in [0.29, 0.717) is 5.69 Å². The summed E-state index contributed by atoms with van der Waals surface area (Å²) in [5, 5.41) is 2.89. The van der Waals surface area contributed by atoms with Gasteiger partial charge in [-0.2, -0.15) is 13.1 Å². The molecule has 0 amide bonds. The van der Waals surface area contributed by atoms with E-state index in [1.807, 2.05) is 22.6 Å². The first-order valence-corrected chi connectivity index (χ1v) is 10.2. The number of nitrogens with one attached hydrogen (secondary N) is 3. The van der Waals surface area contributed by atoms with Crippen molar-refractivity contribution in [2.45, 2.75) is 0 Å². The van der Waals surface area contributed by atoms with E-state index in [0.717, 1.165) is 15.7 Å². The van der Waals surface area contributed by atoms with Crippen molar-refractivity contribution in [3.05, 3.63) is 50.6 Å². The van der Waals surface area contributed by atoms with E-state index >= 15 is 0 Å². The fraction of sp³-hybridized carbons (Fsp3) is 0.143. The molecule has 0 unspecified atom stereocenters. The topological polar surface area (TPSA) is 70.2 Å². The standard InChI is InChI=1S/C14H12Cl2F2IN3O2S/c15-5-6-20-25(23,24)22-12-4-2-10(17)13(18)14(12)21-11-3-1-8(19)7-9(11)16/h1-4,7,20-22H,5-6H2. The van der Waals surface area contributed by atoms with Crippen molar-refractivity contribution in [3.63, 3.8) is 0 Å². The third-order valence-corrected chi connectivity index (χ3v) is 5.16. The van der Waals surface area contributed by atoms with Crippen molar-refractivity contribution >= 4 is 73.1 Å². The van der Waals surface area contributed by atoms with Crippen LogP contribution in [0.3, 0.4) is 0 Å². The minimum Gasteiger partial charge on any atom is -0.350 e. The number of hydrogen-bond acceptors (Lipinski definition) is 3. The van der Waals surface area contributed by atoms with Crippen LogP contribution >= 0.6 is 45.8 Å². The van der Waals surface area contributed by atoms with Crippen LogP contribution in [-0.4, -0.2) is 20.8 Å².